The summed E-state index contributed by atoms with van der Waals surface area (Å²) in [5, 5.41) is 27.9. The summed E-state index contributed by atoms with van der Waals surface area (Å²) < 4.78 is 0. The lowest BCUT2D eigenvalue weighted by atomic mass is 9.88. The number of aliphatic hydroxyl groups is 1. The first-order valence-corrected chi connectivity index (χ1v) is 9.90. The van der Waals surface area contributed by atoms with Crippen LogP contribution >= 0.6 is 0 Å². The summed E-state index contributed by atoms with van der Waals surface area (Å²) in [5.41, 5.74) is 0. The van der Waals surface area contributed by atoms with Gasteiger partial charge in [0.15, 0.2) is 0 Å². The normalized spacial score (nSPS) is 24.4. The Morgan fingerprint density at radius 1 is 1.23 bits per heavy atom. The topological polar surface area (TPSA) is 104 Å². The molecule has 0 aromatic carbocycles. The van der Waals surface area contributed by atoms with Crippen LogP contribution < -0.4 is 0 Å². The summed E-state index contributed by atoms with van der Waals surface area (Å²) in [4.78, 5) is 27.2. The number of carbonyl (C=O) groups is 2. The van der Waals surface area contributed by atoms with Gasteiger partial charge in [0.1, 0.15) is 11.9 Å². The molecule has 4 atom stereocenters. The van der Waals surface area contributed by atoms with Gasteiger partial charge in [-0.05, 0) is 19.3 Å². The van der Waals surface area contributed by atoms with Crippen LogP contribution in [0.1, 0.15) is 77.6 Å². The van der Waals surface area contributed by atoms with E-state index in [2.05, 4.69) is 11.8 Å². The Labute approximate surface area is 156 Å². The number of Topliss-reactive ketones (excluding diaryl/α,β-unsaturated/α-hetero) is 1. The molecule has 1 unspecified atom stereocenters. The molecule has 0 aromatic heterocycles. The van der Waals surface area contributed by atoms with E-state index in [1.807, 2.05) is 0 Å². The monoisotopic (exact) mass is 370 g/mol. The fraction of sp³-hybridized carbons (Fsp3) is 0.800. The minimum Gasteiger partial charge on any atom is -0.481 e. The van der Waals surface area contributed by atoms with Gasteiger partial charge in [0, 0.05) is 24.7 Å². The third-order valence-electron chi connectivity index (χ3n) is 5.16. The molecule has 0 radical (unpaired) electrons. The molecule has 3 N–H and O–H groups in total. The van der Waals surface area contributed by atoms with Crippen LogP contribution in [0.25, 0.3) is 0 Å². The van der Waals surface area contributed by atoms with Gasteiger partial charge in [-0.3, -0.25) is 14.8 Å². The van der Waals surface area contributed by atoms with Crippen LogP contribution in [0.4, 0.5) is 0 Å². The third kappa shape index (κ3) is 8.43. The van der Waals surface area contributed by atoms with Gasteiger partial charge < -0.3 is 10.2 Å². The molecule has 6 heteroatoms. The van der Waals surface area contributed by atoms with Crippen molar-refractivity contribution in [2.75, 3.05) is 0 Å². The second kappa shape index (κ2) is 13.0. The Balaban J connectivity index is 2.46. The van der Waals surface area contributed by atoms with Crippen molar-refractivity contribution in [1.82, 2.24) is 0 Å². The number of ketones is 1. The first kappa shape index (κ1) is 22.8. The SMILES string of the molecule is CCCCCCCCC(/C=C/[C@H]1[C@H](O)CC(=O)[C@@H]1CCCC(=O)O)OO. The van der Waals surface area contributed by atoms with E-state index in [4.69, 9.17) is 10.4 Å². The van der Waals surface area contributed by atoms with E-state index in [1.54, 1.807) is 12.2 Å². The number of unbranched alkanes of at least 4 members (excludes halogenated alkanes) is 5. The van der Waals surface area contributed by atoms with Crippen LogP contribution in [-0.4, -0.2) is 39.4 Å². The van der Waals surface area contributed by atoms with Gasteiger partial charge in [-0.1, -0.05) is 57.6 Å². The Hall–Kier alpha value is -1.24. The fourth-order valence-corrected chi connectivity index (χ4v) is 3.63. The molecule has 0 aliphatic heterocycles. The van der Waals surface area contributed by atoms with Crippen LogP contribution in [0.5, 0.6) is 0 Å². The second-order valence-corrected chi connectivity index (χ2v) is 7.29. The van der Waals surface area contributed by atoms with Gasteiger partial charge in [0.25, 0.3) is 0 Å². The Morgan fingerprint density at radius 3 is 2.58 bits per heavy atom. The minimum absolute atomic E-state index is 0.0186. The lowest BCUT2D eigenvalue weighted by Gasteiger charge is -2.18. The molecule has 1 aliphatic carbocycles. The highest BCUT2D eigenvalue weighted by atomic mass is 17.1. The number of aliphatic hydroxyl groups excluding tert-OH is 1. The molecule has 26 heavy (non-hydrogen) atoms. The lowest BCUT2D eigenvalue weighted by molar-refractivity contribution is -0.267. The van der Waals surface area contributed by atoms with Crippen molar-refractivity contribution in [3.05, 3.63) is 12.2 Å². The van der Waals surface area contributed by atoms with E-state index in [0.29, 0.717) is 19.3 Å². The molecule has 0 heterocycles. The molecule has 0 saturated heterocycles. The van der Waals surface area contributed by atoms with Crippen molar-refractivity contribution in [1.29, 1.82) is 0 Å². The first-order valence-electron chi connectivity index (χ1n) is 9.90. The maximum atomic E-state index is 12.1. The van der Waals surface area contributed by atoms with Crippen molar-refractivity contribution in [2.24, 2.45) is 11.8 Å². The summed E-state index contributed by atoms with van der Waals surface area (Å²) in [5.74, 6) is -1.59. The molecule has 0 aromatic rings. The molecular formula is C20H34O6. The highest BCUT2D eigenvalue weighted by Gasteiger charge is 2.39. The molecule has 1 rings (SSSR count). The van der Waals surface area contributed by atoms with E-state index >= 15 is 0 Å². The molecule has 0 bridgehead atoms. The van der Waals surface area contributed by atoms with Crippen molar-refractivity contribution in [3.63, 3.8) is 0 Å². The predicted molar refractivity (Wildman–Crippen MR) is 98.7 cm³/mol. The van der Waals surface area contributed by atoms with Crippen molar-refractivity contribution >= 4 is 11.8 Å². The van der Waals surface area contributed by atoms with Crippen molar-refractivity contribution in [2.45, 2.75) is 89.8 Å². The Kier molecular flexibility index (Phi) is 11.4. The number of rotatable bonds is 14. The van der Waals surface area contributed by atoms with Gasteiger partial charge in [0.05, 0.1) is 6.10 Å². The highest BCUT2D eigenvalue weighted by Crippen LogP contribution is 2.34. The zero-order valence-corrected chi connectivity index (χ0v) is 15.8. The van der Waals surface area contributed by atoms with Crippen molar-refractivity contribution < 1.29 is 29.9 Å². The standard InChI is InChI=1S/C20H34O6/c1-2-3-4-5-6-7-9-15(26-25)12-13-17-16(10-8-11-20(23)24)18(21)14-19(17)22/h12-13,15-17,19,22,25H,2-11,14H2,1H3,(H,23,24)/b13-12+/t15?,16-,17-,19-/m1/s1. The smallest absolute Gasteiger partial charge is 0.303 e. The summed E-state index contributed by atoms with van der Waals surface area (Å²) in [6.45, 7) is 2.18. The van der Waals surface area contributed by atoms with E-state index in [1.165, 1.54) is 25.7 Å². The summed E-state index contributed by atoms with van der Waals surface area (Å²) in [6.07, 6.45) is 10.9. The van der Waals surface area contributed by atoms with Gasteiger partial charge in [0.2, 0.25) is 0 Å². The van der Waals surface area contributed by atoms with E-state index < -0.39 is 18.2 Å². The van der Waals surface area contributed by atoms with E-state index in [-0.39, 0.29) is 30.5 Å². The predicted octanol–water partition coefficient (Wildman–Crippen LogP) is 3.97. The Morgan fingerprint density at radius 2 is 1.92 bits per heavy atom. The first-order chi connectivity index (χ1) is 12.5. The zero-order chi connectivity index (χ0) is 19.4. The maximum absolute atomic E-state index is 12.1. The van der Waals surface area contributed by atoms with Gasteiger partial charge >= 0.3 is 5.97 Å². The lowest BCUT2D eigenvalue weighted by Crippen LogP contribution is -2.20. The zero-order valence-electron chi connectivity index (χ0n) is 15.8. The molecule has 6 nitrogen and oxygen atoms in total. The summed E-state index contributed by atoms with van der Waals surface area (Å²) in [7, 11) is 0. The summed E-state index contributed by atoms with van der Waals surface area (Å²) in [6, 6.07) is 0. The average Bonchev–Trinajstić information content (AvgIpc) is 2.86. The molecule has 0 amide bonds. The number of carbonyl (C=O) groups excluding carboxylic acids is 1. The van der Waals surface area contributed by atoms with Crippen LogP contribution in [0.2, 0.25) is 0 Å². The molecule has 1 fully saturated rings. The summed E-state index contributed by atoms with van der Waals surface area (Å²) >= 11 is 0. The number of carboxylic acid groups (broad SMARTS) is 1. The van der Waals surface area contributed by atoms with Gasteiger partial charge in [-0.15, -0.1) is 0 Å². The third-order valence-corrected chi connectivity index (χ3v) is 5.16. The molecule has 150 valence electrons. The van der Waals surface area contributed by atoms with Crippen LogP contribution in [0.3, 0.4) is 0 Å². The number of hydrogen-bond acceptors (Lipinski definition) is 5. The van der Waals surface area contributed by atoms with Crippen LogP contribution in [-0.2, 0) is 14.5 Å². The highest BCUT2D eigenvalue weighted by molar-refractivity contribution is 5.84. The van der Waals surface area contributed by atoms with Crippen molar-refractivity contribution in [3.8, 4) is 0 Å². The van der Waals surface area contributed by atoms with Gasteiger partial charge in [-0.25, -0.2) is 4.89 Å². The fourth-order valence-electron chi connectivity index (χ4n) is 3.63. The number of carboxylic acids is 1. The maximum Gasteiger partial charge on any atom is 0.303 e. The largest absolute Gasteiger partial charge is 0.481 e. The van der Waals surface area contributed by atoms with Crippen LogP contribution in [0.15, 0.2) is 12.2 Å². The molecule has 1 aliphatic rings. The van der Waals surface area contributed by atoms with E-state index in [0.717, 1.165) is 12.8 Å². The molecule has 1 saturated carbocycles. The van der Waals surface area contributed by atoms with Gasteiger partial charge in [-0.2, -0.15) is 0 Å². The Bertz CT molecular complexity index is 448. The molecule has 0 spiro atoms. The average molecular weight is 370 g/mol. The minimum atomic E-state index is -0.879. The quantitative estimate of drug-likeness (QED) is 0.185. The number of aliphatic carboxylic acids is 1. The molecular weight excluding hydrogens is 336 g/mol. The number of hydrogen-bond donors (Lipinski definition) is 3. The van der Waals surface area contributed by atoms with Crippen LogP contribution in [0, 0.1) is 11.8 Å². The second-order valence-electron chi connectivity index (χ2n) is 7.29. The van der Waals surface area contributed by atoms with E-state index in [9.17, 15) is 14.7 Å².